The summed E-state index contributed by atoms with van der Waals surface area (Å²) in [6, 6.07) is 9.61. The number of unbranched alkanes of at least 4 members (excludes halogenated alkanes) is 2. The lowest BCUT2D eigenvalue weighted by Gasteiger charge is -2.29. The van der Waals surface area contributed by atoms with Crippen LogP contribution in [0.1, 0.15) is 133 Å². The van der Waals surface area contributed by atoms with Crippen molar-refractivity contribution in [1.29, 1.82) is 16.2 Å². The fourth-order valence-corrected chi connectivity index (χ4v) is 14.2. The Morgan fingerprint density at radius 2 is 0.593 bits per heavy atom. The topological polar surface area (TPSA) is 932 Å². The minimum Gasteiger partial charge on any atom is -0.508 e. The van der Waals surface area contributed by atoms with Crippen LogP contribution < -0.4 is 151 Å². The van der Waals surface area contributed by atoms with Gasteiger partial charge in [0.05, 0.1) is 64.8 Å². The van der Waals surface area contributed by atoms with Gasteiger partial charge in [-0.15, -0.1) is 0 Å². The second-order valence-corrected chi connectivity index (χ2v) is 34.8. The Morgan fingerprint density at radius 3 is 0.967 bits per heavy atom. The SMILES string of the molecule is CC[C@H](C)[C@H](NC(=O)[C@H](CCCNC(=N)N)NC(=O)[C@H](Cc1ccc(O)cc1)NC(=O)[C@H](Cc1ccc(O)cc1)NC(=O)[C@H](CCCNC(=N)N)NC(C)=O)C(=O)N[C@@H](CCCCN)C(=O)NCC(=O)NCC(=O)NCC(=O)N[C@@H](CCCCNC(=O)CNC(=O)CNC(=O)CNC(=O)CNC(=O)CNC(=O)[C@H](CC(=O)O)NC(=O)[C@H](Cc1ccccc1)NC(=O)[C@H](CCCNC(=N)N)NC(=O)[C@@H](N)Cc1ccc(O)cc1)C(N)=O. The number of carboxylic acids is 1. The van der Waals surface area contributed by atoms with Crippen LogP contribution in [0.15, 0.2) is 103 Å². The Bertz CT molecular complexity index is 5240. The van der Waals surface area contributed by atoms with Gasteiger partial charge < -0.3 is 172 Å². The largest absolute Gasteiger partial charge is 0.508 e. The van der Waals surface area contributed by atoms with Crippen molar-refractivity contribution in [3.63, 3.8) is 0 Å². The summed E-state index contributed by atoms with van der Waals surface area (Å²) in [4.78, 5) is 280. The van der Waals surface area contributed by atoms with Crippen molar-refractivity contribution in [2.75, 3.05) is 85.1 Å². The number of aromatic hydroxyl groups is 3. The number of primary amides is 1. The van der Waals surface area contributed by atoms with E-state index in [9.17, 15) is 121 Å². The average Bonchev–Trinajstić information content (AvgIpc) is 0.835. The number of nitrogens with one attached hydrogen (secondary N) is 25. The number of guanidine groups is 3. The quantitative estimate of drug-likeness (QED) is 0.0111. The predicted octanol–water partition coefficient (Wildman–Crippen LogP) is -10.6. The van der Waals surface area contributed by atoms with Gasteiger partial charge in [0.25, 0.3) is 0 Å². The van der Waals surface area contributed by atoms with E-state index in [0.29, 0.717) is 28.7 Å². The fraction of sp³-hybridized carbons (Fsp3) is 0.489. The number of phenols is 3. The maximum Gasteiger partial charge on any atom is 0.305 e. The summed E-state index contributed by atoms with van der Waals surface area (Å²) in [6.07, 6.45) is -0.302. The van der Waals surface area contributed by atoms with Gasteiger partial charge in [-0.25, -0.2) is 0 Å². The van der Waals surface area contributed by atoms with Crippen molar-refractivity contribution in [2.24, 2.45) is 40.3 Å². The molecule has 0 heterocycles. The minimum atomic E-state index is -1.86. The molecule has 4 rings (SSSR count). The molecule has 4 aromatic carbocycles. The van der Waals surface area contributed by atoms with Crippen molar-refractivity contribution < 1.29 is 121 Å². The Morgan fingerprint density at radius 1 is 0.300 bits per heavy atom. The molecule has 0 saturated carbocycles. The predicted molar refractivity (Wildman–Crippen MR) is 541 cm³/mol. The zero-order valence-electron chi connectivity index (χ0n) is 83.5. The standard InChI is InChI=1S/C94H141N31O25/c1-4-52(2)80(125-87(146)66(21-14-38-107-94(102)103)119-88(147)68(41-56-24-30-59(128)31-25-56)123-89(148)69(42-57-26-32-60(129)33-27-57)121-85(144)64(116-53(3)126)19-12-36-105-92(98)99)91(150)120-63(18-8-10-34-95)83(142)114-49-76(135)112-48-75(134)113-51-78(137)117-62(81(97)140)17-9-11-35-104-71(130)44-108-72(131)45-109-73(132)46-110-74(133)47-111-77(136)50-115-84(143)70(43-79(138)139)124-90(149)67(40-54-15-6-5-7-16-54)122-86(145)65(20-13-37-106-93(100)101)118-82(141)61(96)39-55-22-28-58(127)29-23-55/h5-7,15-16,22-33,52,61-70,80,127-129H,4,8-14,17-21,34-51,95-96H2,1-3H3,(H2,97,140)(H,104,130)(H,108,131)(H,109,132)(H,110,133)(H,111,136)(H,112,135)(H,113,134)(H,114,142)(H,115,143)(H,116,126)(H,117,137)(H,118,141)(H,119,147)(H,120,150)(H,121,144)(H,122,145)(H,123,148)(H,124,149)(H,125,146)(H,138,139)(H4,98,99,105)(H4,100,101,106)(H4,102,103,107)/t52-,61-,62-,63-,64-,65-,66-,67-,68-,69-,70-,80-/m0/s1. The van der Waals surface area contributed by atoms with Crippen molar-refractivity contribution in [3.05, 3.63) is 125 Å². The van der Waals surface area contributed by atoms with Crippen molar-refractivity contribution in [3.8, 4) is 17.2 Å². The molecule has 0 fully saturated rings. The average molecular weight is 2110 g/mol. The van der Waals surface area contributed by atoms with Crippen molar-refractivity contribution in [1.82, 2.24) is 117 Å². The van der Waals surface area contributed by atoms with Gasteiger partial charge in [0, 0.05) is 52.4 Å². The molecule has 822 valence electrons. The minimum absolute atomic E-state index is 0.000154. The van der Waals surface area contributed by atoms with Gasteiger partial charge in [-0.05, 0) is 155 Å². The van der Waals surface area contributed by atoms with E-state index in [1.807, 2.05) is 0 Å². The van der Waals surface area contributed by atoms with Crippen LogP contribution in [-0.4, -0.2) is 314 Å². The van der Waals surface area contributed by atoms with Gasteiger partial charge in [-0.2, -0.15) is 0 Å². The zero-order valence-corrected chi connectivity index (χ0v) is 83.5. The van der Waals surface area contributed by atoms with Crippen LogP contribution in [0.4, 0.5) is 0 Å². The molecule has 56 nitrogen and oxygen atoms in total. The molecule has 0 aliphatic rings. The summed E-state index contributed by atoms with van der Waals surface area (Å²) < 4.78 is 0. The first-order chi connectivity index (χ1) is 71.2. The lowest BCUT2D eigenvalue weighted by atomic mass is 9.96. The summed E-state index contributed by atoms with van der Waals surface area (Å²) >= 11 is 0. The molecule has 0 saturated heterocycles. The zero-order chi connectivity index (χ0) is 111. The summed E-state index contributed by atoms with van der Waals surface area (Å²) in [5, 5.41) is 116. The van der Waals surface area contributed by atoms with Crippen LogP contribution in [0.3, 0.4) is 0 Å². The van der Waals surface area contributed by atoms with E-state index in [1.54, 1.807) is 56.3 Å². The van der Waals surface area contributed by atoms with E-state index in [-0.39, 0.29) is 165 Å². The highest BCUT2D eigenvalue weighted by molar-refractivity contribution is 6.01. The molecule has 150 heavy (non-hydrogen) atoms. The Kier molecular flexibility index (Phi) is 57.0. The van der Waals surface area contributed by atoms with E-state index in [4.69, 9.17) is 50.6 Å². The summed E-state index contributed by atoms with van der Waals surface area (Å²) in [6.45, 7) is -0.784. The molecule has 20 amide bonds. The number of amides is 20. The molecule has 56 heteroatoms. The van der Waals surface area contributed by atoms with Crippen molar-refractivity contribution in [2.45, 2.75) is 203 Å². The van der Waals surface area contributed by atoms with Crippen LogP contribution in [0, 0.1) is 22.1 Å². The van der Waals surface area contributed by atoms with E-state index in [1.165, 1.54) is 67.6 Å². The molecule has 0 radical (unpaired) electrons. The molecule has 0 aromatic heterocycles. The normalized spacial score (nSPS) is 13.1. The van der Waals surface area contributed by atoms with Gasteiger partial charge in [-0.1, -0.05) is 87.0 Å². The Labute approximate surface area is 863 Å². The van der Waals surface area contributed by atoms with Gasteiger partial charge in [0.2, 0.25) is 118 Å². The second kappa shape index (κ2) is 68.3. The molecular weight excluding hydrogens is 1960 g/mol. The summed E-state index contributed by atoms with van der Waals surface area (Å²) in [7, 11) is 0. The van der Waals surface area contributed by atoms with Gasteiger partial charge in [-0.3, -0.25) is 117 Å². The number of nitrogens with two attached hydrogens (primary N) is 6. The van der Waals surface area contributed by atoms with Crippen LogP contribution >= 0.6 is 0 Å². The highest BCUT2D eigenvalue weighted by Crippen LogP contribution is 2.19. The smallest absolute Gasteiger partial charge is 0.305 e. The molecule has 41 N–H and O–H groups in total. The summed E-state index contributed by atoms with van der Waals surface area (Å²) in [5.41, 5.74) is 35.8. The number of carbonyl (C=O) groups is 21. The molecule has 0 aliphatic carbocycles. The number of hydrogen-bond acceptors (Lipinski definition) is 29. The molecule has 0 unspecified atom stereocenters. The summed E-state index contributed by atoms with van der Waals surface area (Å²) in [5.74, 6) is -21.4. The van der Waals surface area contributed by atoms with Gasteiger partial charge in [0.1, 0.15) is 77.7 Å². The van der Waals surface area contributed by atoms with Crippen LogP contribution in [0.5, 0.6) is 17.2 Å². The number of aliphatic carboxylic acids is 1. The second-order valence-electron chi connectivity index (χ2n) is 34.8. The van der Waals surface area contributed by atoms with Crippen LogP contribution in [0.25, 0.3) is 0 Å². The number of carbonyl (C=O) groups excluding carboxylic acids is 20. The molecule has 0 bridgehead atoms. The first-order valence-corrected chi connectivity index (χ1v) is 48.2. The molecule has 0 aliphatic heterocycles. The van der Waals surface area contributed by atoms with E-state index < -0.39 is 261 Å². The lowest BCUT2D eigenvalue weighted by Crippen LogP contribution is -2.61. The third kappa shape index (κ3) is 52.6. The van der Waals surface area contributed by atoms with E-state index in [2.05, 4.69) is 117 Å². The Hall–Kier alpha value is -17.1. The monoisotopic (exact) mass is 2100 g/mol. The van der Waals surface area contributed by atoms with Crippen molar-refractivity contribution >= 4 is 142 Å². The number of phenolic OH excluding ortho intramolecular Hbond substituents is 3. The number of benzene rings is 4. The first-order valence-electron chi connectivity index (χ1n) is 48.2. The lowest BCUT2D eigenvalue weighted by molar-refractivity contribution is -0.141. The van der Waals surface area contributed by atoms with E-state index in [0.717, 1.165) is 0 Å². The van der Waals surface area contributed by atoms with Crippen LogP contribution in [-0.2, 0) is 126 Å². The maximum atomic E-state index is 14.9. The Balaban J connectivity index is 1.23. The third-order valence-corrected chi connectivity index (χ3v) is 22.4. The molecule has 12 atom stereocenters. The number of carboxylic acid groups (broad SMARTS) is 1. The highest BCUT2D eigenvalue weighted by atomic mass is 16.4. The number of rotatable bonds is 70. The third-order valence-electron chi connectivity index (χ3n) is 22.4. The first kappa shape index (κ1) is 125. The molecular formula is C94H141N31O25. The van der Waals surface area contributed by atoms with Crippen LogP contribution in [0.2, 0.25) is 0 Å². The maximum absolute atomic E-state index is 14.9. The fourth-order valence-electron chi connectivity index (χ4n) is 14.2. The van der Waals surface area contributed by atoms with Gasteiger partial charge >= 0.3 is 5.97 Å². The van der Waals surface area contributed by atoms with E-state index >= 15 is 0 Å². The number of hydrogen-bond donors (Lipinski definition) is 35. The van der Waals surface area contributed by atoms with Gasteiger partial charge in [0.15, 0.2) is 17.9 Å². The highest BCUT2D eigenvalue weighted by Gasteiger charge is 2.38. The molecule has 0 spiro atoms. The molecule has 4 aromatic rings.